The van der Waals surface area contributed by atoms with Gasteiger partial charge in [0, 0.05) is 15.6 Å². The van der Waals surface area contributed by atoms with Crippen LogP contribution >= 0.6 is 15.9 Å². The number of nitriles is 3. The van der Waals surface area contributed by atoms with Gasteiger partial charge in [0.05, 0.1) is 38.3 Å². The molecule has 4 unspecified atom stereocenters. The van der Waals surface area contributed by atoms with Crippen molar-refractivity contribution in [2.24, 2.45) is 16.7 Å². The molecule has 0 saturated carbocycles. The van der Waals surface area contributed by atoms with Gasteiger partial charge in [-0.1, -0.05) is 47.1 Å². The number of halogens is 1. The molecule has 166 valence electrons. The normalized spacial score (nSPS) is 29.2. The number of hydrogen-bond donors (Lipinski definition) is 1. The third-order valence-electron chi connectivity index (χ3n) is 6.63. The molecule has 33 heavy (non-hydrogen) atoms. The Bertz CT molecular complexity index is 1250. The molecular formula is C24H19BrN4O4. The molecule has 2 saturated heterocycles. The van der Waals surface area contributed by atoms with Crippen molar-refractivity contribution in [3.63, 3.8) is 0 Å². The summed E-state index contributed by atoms with van der Waals surface area (Å²) in [6, 6.07) is 18.3. The number of benzene rings is 2. The van der Waals surface area contributed by atoms with Crippen molar-refractivity contribution < 1.29 is 18.9 Å². The van der Waals surface area contributed by atoms with Gasteiger partial charge in [0.1, 0.15) is 6.10 Å². The molecule has 0 aliphatic carbocycles. The fraction of sp³-hybridized carbons (Fsp3) is 0.333. The number of rotatable bonds is 4. The number of fused-ring (bicyclic) bond motifs is 2. The first kappa shape index (κ1) is 22.6. The predicted molar refractivity (Wildman–Crippen MR) is 119 cm³/mol. The third-order valence-corrected chi connectivity index (χ3v) is 7.16. The number of nitrogens with zero attached hydrogens (tertiary/aromatic N) is 3. The molecule has 2 bridgehead atoms. The molecule has 2 aromatic carbocycles. The van der Waals surface area contributed by atoms with E-state index in [9.17, 15) is 15.8 Å². The zero-order valence-corrected chi connectivity index (χ0v) is 19.6. The van der Waals surface area contributed by atoms with Crippen molar-refractivity contribution in [1.29, 1.82) is 21.2 Å². The Kier molecular flexibility index (Phi) is 5.33. The smallest absolute Gasteiger partial charge is 0.244 e. The van der Waals surface area contributed by atoms with E-state index in [1.165, 1.54) is 14.2 Å². The molecule has 2 heterocycles. The van der Waals surface area contributed by atoms with Crippen molar-refractivity contribution in [3.05, 3.63) is 58.1 Å². The maximum Gasteiger partial charge on any atom is 0.244 e. The van der Waals surface area contributed by atoms with Gasteiger partial charge in [-0.3, -0.25) is 5.41 Å². The molecular weight excluding hydrogens is 488 g/mol. The van der Waals surface area contributed by atoms with E-state index in [1.807, 2.05) is 12.1 Å². The molecule has 2 fully saturated rings. The van der Waals surface area contributed by atoms with E-state index in [4.69, 9.17) is 24.4 Å². The second kappa shape index (κ2) is 7.78. The SMILES string of the molecule is COc1cccc(C2OC3(c4ccc(Br)cc4)OC(=N)C(C#N)(C3C)C2(C#N)C#N)c1OC. The molecule has 4 rings (SSSR count). The van der Waals surface area contributed by atoms with E-state index in [0.29, 0.717) is 16.9 Å². The van der Waals surface area contributed by atoms with Crippen molar-refractivity contribution in [3.8, 4) is 29.7 Å². The largest absolute Gasteiger partial charge is 0.493 e. The van der Waals surface area contributed by atoms with Crippen LogP contribution in [0.1, 0.15) is 24.2 Å². The average molecular weight is 507 g/mol. The summed E-state index contributed by atoms with van der Waals surface area (Å²) in [5, 5.41) is 39.8. The minimum absolute atomic E-state index is 0.263. The lowest BCUT2D eigenvalue weighted by atomic mass is 9.53. The van der Waals surface area contributed by atoms with Gasteiger partial charge >= 0.3 is 0 Å². The molecule has 0 aromatic heterocycles. The van der Waals surface area contributed by atoms with Crippen LogP contribution in [0.2, 0.25) is 0 Å². The highest BCUT2D eigenvalue weighted by molar-refractivity contribution is 9.10. The zero-order chi connectivity index (χ0) is 24.0. The second-order valence-corrected chi connectivity index (χ2v) is 8.78. The number of ether oxygens (including phenoxy) is 4. The molecule has 1 N–H and O–H groups in total. The summed E-state index contributed by atoms with van der Waals surface area (Å²) in [5.41, 5.74) is -3.11. The van der Waals surface area contributed by atoms with Crippen LogP contribution in [0.4, 0.5) is 0 Å². The lowest BCUT2D eigenvalue weighted by Gasteiger charge is -2.49. The number of para-hydroxylation sites is 1. The van der Waals surface area contributed by atoms with Gasteiger partial charge < -0.3 is 18.9 Å². The Morgan fingerprint density at radius 1 is 1.00 bits per heavy atom. The van der Waals surface area contributed by atoms with Crippen molar-refractivity contribution in [1.82, 2.24) is 0 Å². The Morgan fingerprint density at radius 3 is 2.21 bits per heavy atom. The van der Waals surface area contributed by atoms with Crippen molar-refractivity contribution >= 4 is 21.8 Å². The Balaban J connectivity index is 2.07. The van der Waals surface area contributed by atoms with Crippen LogP contribution in [-0.4, -0.2) is 20.1 Å². The van der Waals surface area contributed by atoms with Crippen molar-refractivity contribution in [2.75, 3.05) is 14.2 Å². The monoisotopic (exact) mass is 506 g/mol. The molecule has 8 nitrogen and oxygen atoms in total. The lowest BCUT2D eigenvalue weighted by molar-refractivity contribution is -0.288. The zero-order valence-electron chi connectivity index (χ0n) is 18.0. The van der Waals surface area contributed by atoms with Crippen LogP contribution in [0.15, 0.2) is 46.9 Å². The fourth-order valence-corrected chi connectivity index (χ4v) is 5.21. The Hall–Kier alpha value is -3.58. The van der Waals surface area contributed by atoms with Gasteiger partial charge in [-0.25, -0.2) is 0 Å². The highest BCUT2D eigenvalue weighted by Crippen LogP contribution is 2.69. The first-order valence-corrected chi connectivity index (χ1v) is 10.8. The summed E-state index contributed by atoms with van der Waals surface area (Å²) in [6.07, 6.45) is -1.29. The van der Waals surface area contributed by atoms with E-state index in [-0.39, 0.29) is 5.75 Å². The van der Waals surface area contributed by atoms with Gasteiger partial charge in [0.2, 0.25) is 17.1 Å². The van der Waals surface area contributed by atoms with Gasteiger partial charge in [-0.05, 0) is 18.2 Å². The first-order chi connectivity index (χ1) is 15.8. The van der Waals surface area contributed by atoms with E-state index in [0.717, 1.165) is 4.47 Å². The van der Waals surface area contributed by atoms with E-state index < -0.39 is 34.5 Å². The maximum atomic E-state index is 10.4. The Labute approximate surface area is 199 Å². The van der Waals surface area contributed by atoms with Gasteiger partial charge in [0.25, 0.3) is 0 Å². The number of hydrogen-bond acceptors (Lipinski definition) is 8. The van der Waals surface area contributed by atoms with Crippen LogP contribution in [0.3, 0.4) is 0 Å². The third kappa shape index (κ3) is 2.66. The summed E-state index contributed by atoms with van der Waals surface area (Å²) in [6.45, 7) is 1.66. The van der Waals surface area contributed by atoms with Crippen LogP contribution in [-0.2, 0) is 15.3 Å². The van der Waals surface area contributed by atoms with Crippen LogP contribution in [0.5, 0.6) is 11.5 Å². The van der Waals surface area contributed by atoms with Gasteiger partial charge in [-0.15, -0.1) is 0 Å². The number of methoxy groups -OCH3 is 2. The molecule has 2 aliphatic heterocycles. The molecule has 2 aliphatic rings. The predicted octanol–water partition coefficient (Wildman–Crippen LogP) is 4.58. The lowest BCUT2D eigenvalue weighted by Crippen LogP contribution is -2.57. The quantitative estimate of drug-likeness (QED) is 0.641. The fourth-order valence-electron chi connectivity index (χ4n) is 4.95. The molecule has 2 aromatic rings. The first-order valence-electron chi connectivity index (χ1n) is 9.98. The molecule has 9 heteroatoms. The standard InChI is InChI=1S/C24H19BrN4O4/c1-14-23(13-28)21(29)33-24(14,15-7-9-16(25)10-8-15)32-20(22(23,11-26)12-27)17-5-4-6-18(30-2)19(17)31-3/h4-10,14,20,29H,1-3H3. The highest BCUT2D eigenvalue weighted by atomic mass is 79.9. The van der Waals surface area contributed by atoms with Crippen LogP contribution in [0, 0.1) is 56.2 Å². The molecule has 0 amide bonds. The Morgan fingerprint density at radius 2 is 1.67 bits per heavy atom. The van der Waals surface area contributed by atoms with Crippen molar-refractivity contribution in [2.45, 2.75) is 18.8 Å². The molecule has 4 atom stereocenters. The summed E-state index contributed by atoms with van der Waals surface area (Å²) >= 11 is 3.40. The highest BCUT2D eigenvalue weighted by Gasteiger charge is 2.80. The summed E-state index contributed by atoms with van der Waals surface area (Å²) < 4.78 is 24.3. The van der Waals surface area contributed by atoms with Crippen LogP contribution < -0.4 is 9.47 Å². The average Bonchev–Trinajstić information content (AvgIpc) is 3.00. The number of nitrogens with one attached hydrogen (secondary N) is 1. The minimum atomic E-state index is -2.10. The summed E-state index contributed by atoms with van der Waals surface area (Å²) in [5.74, 6) is -2.28. The van der Waals surface area contributed by atoms with Crippen LogP contribution in [0.25, 0.3) is 0 Å². The molecule has 0 radical (unpaired) electrons. The minimum Gasteiger partial charge on any atom is -0.493 e. The van der Waals surface area contributed by atoms with E-state index in [1.54, 1.807) is 49.4 Å². The molecule has 0 spiro atoms. The van der Waals surface area contributed by atoms with E-state index in [2.05, 4.69) is 22.0 Å². The van der Waals surface area contributed by atoms with Gasteiger partial charge in [0.15, 0.2) is 16.9 Å². The van der Waals surface area contributed by atoms with E-state index >= 15 is 0 Å². The van der Waals surface area contributed by atoms with Gasteiger partial charge in [-0.2, -0.15) is 15.8 Å². The maximum absolute atomic E-state index is 10.4. The summed E-state index contributed by atoms with van der Waals surface area (Å²) in [4.78, 5) is 0. The second-order valence-electron chi connectivity index (χ2n) is 7.86. The topological polar surface area (TPSA) is 132 Å². The summed E-state index contributed by atoms with van der Waals surface area (Å²) in [7, 11) is 2.90.